The Kier molecular flexibility index (Phi) is 5.77. The zero-order valence-corrected chi connectivity index (χ0v) is 13.4. The number of carbonyl (C=O) groups is 1. The van der Waals surface area contributed by atoms with Crippen LogP contribution in [-0.4, -0.2) is 42.2 Å². The number of rotatable bonds is 6. The summed E-state index contributed by atoms with van der Waals surface area (Å²) in [6.45, 7) is 8.17. The Bertz CT molecular complexity index is 509. The number of carboxylic acids is 1. The standard InChI is InChI=1S/C17H25FN2O2/c1-3-19(4-2)12-13-5-6-15(18)16(11-13)20-9-7-14(8-10-20)17(21)22/h5-6,11,14H,3-4,7-10,12H2,1-2H3,(H,21,22). The number of anilines is 1. The Balaban J connectivity index is 2.09. The number of piperidine rings is 1. The van der Waals surface area contributed by atoms with Gasteiger partial charge in [-0.05, 0) is 43.6 Å². The Labute approximate surface area is 131 Å². The number of nitrogens with zero attached hydrogens (tertiary/aromatic N) is 2. The summed E-state index contributed by atoms with van der Waals surface area (Å²) >= 11 is 0. The zero-order chi connectivity index (χ0) is 16.1. The highest BCUT2D eigenvalue weighted by atomic mass is 19.1. The van der Waals surface area contributed by atoms with Crippen molar-refractivity contribution < 1.29 is 14.3 Å². The molecule has 0 radical (unpaired) electrons. The van der Waals surface area contributed by atoms with E-state index in [9.17, 15) is 9.18 Å². The number of hydrogen-bond donors (Lipinski definition) is 1. The van der Waals surface area contributed by atoms with Crippen LogP contribution in [0.5, 0.6) is 0 Å². The summed E-state index contributed by atoms with van der Waals surface area (Å²) in [5, 5.41) is 9.05. The first kappa shape index (κ1) is 16.7. The highest BCUT2D eigenvalue weighted by Gasteiger charge is 2.25. The molecule has 1 saturated heterocycles. The lowest BCUT2D eigenvalue weighted by Crippen LogP contribution is -2.36. The molecule has 0 saturated carbocycles. The Hall–Kier alpha value is -1.62. The quantitative estimate of drug-likeness (QED) is 0.877. The van der Waals surface area contributed by atoms with Crippen LogP contribution in [0.1, 0.15) is 32.3 Å². The van der Waals surface area contributed by atoms with Gasteiger partial charge in [0.25, 0.3) is 0 Å². The van der Waals surface area contributed by atoms with E-state index in [2.05, 4.69) is 18.7 Å². The van der Waals surface area contributed by atoms with Crippen molar-refractivity contribution in [3.63, 3.8) is 0 Å². The van der Waals surface area contributed by atoms with Gasteiger partial charge in [0, 0.05) is 19.6 Å². The second kappa shape index (κ2) is 7.58. The summed E-state index contributed by atoms with van der Waals surface area (Å²) in [5.41, 5.74) is 1.70. The number of halogens is 1. The van der Waals surface area contributed by atoms with Crippen molar-refractivity contribution in [2.75, 3.05) is 31.1 Å². The molecule has 22 heavy (non-hydrogen) atoms. The molecule has 1 aromatic rings. The number of aliphatic carboxylic acids is 1. The second-order valence-electron chi connectivity index (χ2n) is 5.85. The van der Waals surface area contributed by atoms with Crippen molar-refractivity contribution in [1.82, 2.24) is 4.90 Å². The average Bonchev–Trinajstić information content (AvgIpc) is 2.54. The van der Waals surface area contributed by atoms with Gasteiger partial charge in [0.15, 0.2) is 0 Å². The van der Waals surface area contributed by atoms with E-state index < -0.39 is 5.97 Å². The molecule has 122 valence electrons. The molecule has 1 aliphatic rings. The first-order valence-electron chi connectivity index (χ1n) is 8.03. The van der Waals surface area contributed by atoms with E-state index in [-0.39, 0.29) is 11.7 Å². The van der Waals surface area contributed by atoms with Crippen LogP contribution < -0.4 is 4.90 Å². The van der Waals surface area contributed by atoms with Gasteiger partial charge in [-0.1, -0.05) is 19.9 Å². The van der Waals surface area contributed by atoms with Crippen LogP contribution in [-0.2, 0) is 11.3 Å². The van der Waals surface area contributed by atoms with Crippen LogP contribution in [0.3, 0.4) is 0 Å². The highest BCUT2D eigenvalue weighted by molar-refractivity contribution is 5.70. The van der Waals surface area contributed by atoms with E-state index in [4.69, 9.17) is 5.11 Å². The summed E-state index contributed by atoms with van der Waals surface area (Å²) in [4.78, 5) is 15.3. The van der Waals surface area contributed by atoms with Gasteiger partial charge in [-0.2, -0.15) is 0 Å². The summed E-state index contributed by atoms with van der Waals surface area (Å²) in [6, 6.07) is 5.27. The lowest BCUT2D eigenvalue weighted by molar-refractivity contribution is -0.142. The SMILES string of the molecule is CCN(CC)Cc1ccc(F)c(N2CCC(C(=O)O)CC2)c1. The van der Waals surface area contributed by atoms with Crippen LogP contribution in [0.4, 0.5) is 10.1 Å². The minimum atomic E-state index is -0.740. The van der Waals surface area contributed by atoms with Gasteiger partial charge in [0.2, 0.25) is 0 Å². The molecule has 0 atom stereocenters. The first-order valence-corrected chi connectivity index (χ1v) is 8.03. The summed E-state index contributed by atoms with van der Waals surface area (Å²) in [6.07, 6.45) is 1.16. The van der Waals surface area contributed by atoms with Crippen LogP contribution in [0.25, 0.3) is 0 Å². The van der Waals surface area contributed by atoms with Crippen molar-refractivity contribution in [2.24, 2.45) is 5.92 Å². The summed E-state index contributed by atoms with van der Waals surface area (Å²) < 4.78 is 14.1. The van der Waals surface area contributed by atoms with Crippen LogP contribution in [0, 0.1) is 11.7 Å². The summed E-state index contributed by atoms with van der Waals surface area (Å²) in [5.74, 6) is -1.26. The maximum absolute atomic E-state index is 14.1. The van der Waals surface area contributed by atoms with Gasteiger partial charge in [-0.25, -0.2) is 4.39 Å². The largest absolute Gasteiger partial charge is 0.481 e. The van der Waals surface area contributed by atoms with Crippen LogP contribution >= 0.6 is 0 Å². The molecule has 0 amide bonds. The van der Waals surface area contributed by atoms with E-state index in [1.165, 1.54) is 6.07 Å². The third kappa shape index (κ3) is 3.97. The van der Waals surface area contributed by atoms with E-state index in [1.54, 1.807) is 0 Å². The van der Waals surface area contributed by atoms with Gasteiger partial charge in [-0.3, -0.25) is 9.69 Å². The minimum Gasteiger partial charge on any atom is -0.481 e. The Morgan fingerprint density at radius 3 is 2.50 bits per heavy atom. The van der Waals surface area contributed by atoms with Crippen molar-refractivity contribution >= 4 is 11.7 Å². The normalized spacial score (nSPS) is 16.3. The fraction of sp³-hybridized carbons (Fsp3) is 0.588. The van der Waals surface area contributed by atoms with E-state index in [1.807, 2.05) is 17.0 Å². The lowest BCUT2D eigenvalue weighted by atomic mass is 9.96. The molecule has 1 heterocycles. The van der Waals surface area contributed by atoms with Gasteiger partial charge >= 0.3 is 5.97 Å². The predicted octanol–water partition coefficient (Wildman–Crippen LogP) is 2.97. The molecule has 5 heteroatoms. The van der Waals surface area contributed by atoms with Gasteiger partial charge in [-0.15, -0.1) is 0 Å². The highest BCUT2D eigenvalue weighted by Crippen LogP contribution is 2.27. The number of benzene rings is 1. The maximum Gasteiger partial charge on any atom is 0.306 e. The van der Waals surface area contributed by atoms with Gasteiger partial charge in [0.05, 0.1) is 11.6 Å². The molecule has 1 fully saturated rings. The predicted molar refractivity (Wildman–Crippen MR) is 85.6 cm³/mol. The molecule has 0 unspecified atom stereocenters. The average molecular weight is 308 g/mol. The van der Waals surface area contributed by atoms with Crippen LogP contribution in [0.2, 0.25) is 0 Å². The van der Waals surface area contributed by atoms with Crippen molar-refractivity contribution in [1.29, 1.82) is 0 Å². The lowest BCUT2D eigenvalue weighted by Gasteiger charge is -2.32. The van der Waals surface area contributed by atoms with Crippen LogP contribution in [0.15, 0.2) is 18.2 Å². The number of carboxylic acid groups (broad SMARTS) is 1. The molecule has 0 bridgehead atoms. The van der Waals surface area contributed by atoms with Crippen molar-refractivity contribution in [3.8, 4) is 0 Å². The third-order valence-electron chi connectivity index (χ3n) is 4.50. The smallest absolute Gasteiger partial charge is 0.306 e. The van der Waals surface area contributed by atoms with Crippen molar-refractivity contribution in [3.05, 3.63) is 29.6 Å². The monoisotopic (exact) mass is 308 g/mol. The van der Waals surface area contributed by atoms with E-state index >= 15 is 0 Å². The maximum atomic E-state index is 14.1. The fourth-order valence-corrected chi connectivity index (χ4v) is 2.97. The number of hydrogen-bond acceptors (Lipinski definition) is 3. The zero-order valence-electron chi connectivity index (χ0n) is 13.4. The third-order valence-corrected chi connectivity index (χ3v) is 4.50. The molecule has 0 aliphatic carbocycles. The first-order chi connectivity index (χ1) is 10.5. The molecule has 1 N–H and O–H groups in total. The molecule has 1 aromatic carbocycles. The molecular formula is C17H25FN2O2. The van der Waals surface area contributed by atoms with Gasteiger partial charge < -0.3 is 10.0 Å². The molecule has 2 rings (SSSR count). The molecule has 0 spiro atoms. The Morgan fingerprint density at radius 2 is 1.95 bits per heavy atom. The molecular weight excluding hydrogens is 283 g/mol. The second-order valence-corrected chi connectivity index (χ2v) is 5.85. The Morgan fingerprint density at radius 1 is 1.32 bits per heavy atom. The van der Waals surface area contributed by atoms with Gasteiger partial charge in [0.1, 0.15) is 5.82 Å². The molecule has 0 aromatic heterocycles. The minimum absolute atomic E-state index is 0.225. The molecule has 1 aliphatic heterocycles. The fourth-order valence-electron chi connectivity index (χ4n) is 2.97. The summed E-state index contributed by atoms with van der Waals surface area (Å²) in [7, 11) is 0. The van der Waals surface area contributed by atoms with E-state index in [0.717, 1.165) is 25.2 Å². The molecule has 4 nitrogen and oxygen atoms in total. The van der Waals surface area contributed by atoms with E-state index in [0.29, 0.717) is 31.6 Å². The topological polar surface area (TPSA) is 43.8 Å². The van der Waals surface area contributed by atoms with Crippen molar-refractivity contribution in [2.45, 2.75) is 33.2 Å².